The van der Waals surface area contributed by atoms with Gasteiger partial charge >= 0.3 is 0 Å². The minimum absolute atomic E-state index is 0.129. The van der Waals surface area contributed by atoms with Crippen LogP contribution in [-0.4, -0.2) is 38.6 Å². The summed E-state index contributed by atoms with van der Waals surface area (Å²) in [5.74, 6) is 1.89. The fraction of sp³-hybridized carbons (Fsp3) is 0.500. The summed E-state index contributed by atoms with van der Waals surface area (Å²) >= 11 is 0. The van der Waals surface area contributed by atoms with Gasteiger partial charge in [-0.3, -0.25) is 0 Å². The first-order valence-electron chi connectivity index (χ1n) is 10.4. The molecule has 0 saturated carbocycles. The Morgan fingerprint density at radius 3 is 1.68 bits per heavy atom. The van der Waals surface area contributed by atoms with Gasteiger partial charge < -0.3 is 18.9 Å². The van der Waals surface area contributed by atoms with Crippen molar-refractivity contribution in [2.75, 3.05) is 26.4 Å². The molecule has 2 saturated heterocycles. The molecule has 150 valence electrons. The van der Waals surface area contributed by atoms with E-state index in [4.69, 9.17) is 18.9 Å². The maximum absolute atomic E-state index is 6.36. The summed E-state index contributed by atoms with van der Waals surface area (Å²) in [5.41, 5.74) is 2.18. The Kier molecular flexibility index (Phi) is 5.88. The second kappa shape index (κ2) is 8.54. The fourth-order valence-electron chi connectivity index (χ4n) is 4.15. The average Bonchev–Trinajstić information content (AvgIpc) is 3.43. The Bertz CT molecular complexity index is 714. The van der Waals surface area contributed by atoms with Gasteiger partial charge in [-0.15, -0.1) is 0 Å². The summed E-state index contributed by atoms with van der Waals surface area (Å²) in [6, 6.07) is 16.8. The van der Waals surface area contributed by atoms with Crippen molar-refractivity contribution in [3.63, 3.8) is 0 Å². The normalized spacial score (nSPS) is 24.1. The topological polar surface area (TPSA) is 36.9 Å². The van der Waals surface area contributed by atoms with Gasteiger partial charge in [0.15, 0.2) is 0 Å². The van der Waals surface area contributed by atoms with Crippen molar-refractivity contribution in [1.29, 1.82) is 0 Å². The van der Waals surface area contributed by atoms with Crippen molar-refractivity contribution in [3.05, 3.63) is 59.7 Å². The second-order valence-electron chi connectivity index (χ2n) is 7.88. The Hall–Kier alpha value is -2.04. The summed E-state index contributed by atoms with van der Waals surface area (Å²) in [4.78, 5) is 0. The molecule has 2 heterocycles. The fourth-order valence-corrected chi connectivity index (χ4v) is 4.15. The lowest BCUT2D eigenvalue weighted by Gasteiger charge is -2.33. The lowest BCUT2D eigenvalue weighted by atomic mass is 9.73. The van der Waals surface area contributed by atoms with Gasteiger partial charge in [0.2, 0.25) is 0 Å². The Labute approximate surface area is 167 Å². The summed E-state index contributed by atoms with van der Waals surface area (Å²) < 4.78 is 23.7. The van der Waals surface area contributed by atoms with Crippen molar-refractivity contribution in [2.24, 2.45) is 0 Å². The molecule has 2 fully saturated rings. The molecule has 0 radical (unpaired) electrons. The van der Waals surface area contributed by atoms with E-state index in [9.17, 15) is 0 Å². The number of benzene rings is 2. The SMILES string of the molecule is CCC(C)(c1ccccc1OC1CCOC1)c1ccccc1OC1CCOC1. The number of rotatable bonds is 7. The number of ether oxygens (including phenoxy) is 4. The standard InChI is InChI=1S/C24H30O4/c1-3-24(2,20-8-4-6-10-22(20)27-18-12-14-25-16-18)21-9-5-7-11-23(21)28-19-13-15-26-17-19/h4-11,18-19H,3,12-17H2,1-2H3. The molecular formula is C24H30O4. The molecule has 0 spiro atoms. The van der Waals surface area contributed by atoms with E-state index < -0.39 is 0 Å². The first-order valence-corrected chi connectivity index (χ1v) is 10.4. The van der Waals surface area contributed by atoms with Gasteiger partial charge in [0.25, 0.3) is 0 Å². The molecule has 28 heavy (non-hydrogen) atoms. The number of hydrogen-bond donors (Lipinski definition) is 0. The van der Waals surface area contributed by atoms with Crippen LogP contribution in [0.1, 0.15) is 44.2 Å². The quantitative estimate of drug-likeness (QED) is 0.693. The minimum Gasteiger partial charge on any atom is -0.488 e. The molecule has 0 N–H and O–H groups in total. The van der Waals surface area contributed by atoms with Gasteiger partial charge in [0.1, 0.15) is 23.7 Å². The zero-order valence-corrected chi connectivity index (χ0v) is 16.9. The zero-order chi connectivity index (χ0) is 19.4. The Balaban J connectivity index is 1.69. The summed E-state index contributed by atoms with van der Waals surface area (Å²) in [6.45, 7) is 7.39. The van der Waals surface area contributed by atoms with E-state index in [0.29, 0.717) is 13.2 Å². The highest BCUT2D eigenvalue weighted by Crippen LogP contribution is 2.44. The van der Waals surface area contributed by atoms with Crippen LogP contribution >= 0.6 is 0 Å². The van der Waals surface area contributed by atoms with E-state index in [2.05, 4.69) is 50.2 Å². The van der Waals surface area contributed by atoms with Crippen LogP contribution in [0, 0.1) is 0 Å². The van der Waals surface area contributed by atoms with Gasteiger partial charge in [-0.25, -0.2) is 0 Å². The van der Waals surface area contributed by atoms with E-state index in [1.165, 1.54) is 11.1 Å². The first-order chi connectivity index (χ1) is 13.7. The van der Waals surface area contributed by atoms with E-state index >= 15 is 0 Å². The highest BCUT2D eigenvalue weighted by Gasteiger charge is 2.34. The zero-order valence-electron chi connectivity index (χ0n) is 16.9. The van der Waals surface area contributed by atoms with Gasteiger partial charge in [0.05, 0.1) is 26.4 Å². The lowest BCUT2D eigenvalue weighted by Crippen LogP contribution is -2.27. The average molecular weight is 383 g/mol. The van der Waals surface area contributed by atoms with Gasteiger partial charge in [-0.05, 0) is 18.6 Å². The van der Waals surface area contributed by atoms with Crippen LogP contribution in [0.25, 0.3) is 0 Å². The highest BCUT2D eigenvalue weighted by molar-refractivity contribution is 5.51. The molecule has 2 atom stereocenters. The van der Waals surface area contributed by atoms with E-state index in [-0.39, 0.29) is 17.6 Å². The van der Waals surface area contributed by atoms with Crippen LogP contribution in [0.4, 0.5) is 0 Å². The first kappa shape index (κ1) is 19.3. The van der Waals surface area contributed by atoms with Crippen molar-refractivity contribution >= 4 is 0 Å². The molecule has 4 nitrogen and oxygen atoms in total. The van der Waals surface area contributed by atoms with Crippen molar-refractivity contribution in [1.82, 2.24) is 0 Å². The molecule has 2 unspecified atom stereocenters. The highest BCUT2D eigenvalue weighted by atomic mass is 16.6. The van der Waals surface area contributed by atoms with Gasteiger partial charge in [0, 0.05) is 29.4 Å². The lowest BCUT2D eigenvalue weighted by molar-refractivity contribution is 0.138. The molecule has 0 aliphatic carbocycles. The van der Waals surface area contributed by atoms with Crippen LogP contribution in [0.3, 0.4) is 0 Å². The summed E-state index contributed by atoms with van der Waals surface area (Å²) in [6.07, 6.45) is 3.08. The molecule has 0 amide bonds. The Morgan fingerprint density at radius 1 is 0.821 bits per heavy atom. The molecule has 2 aliphatic heterocycles. The number of para-hydroxylation sites is 2. The predicted molar refractivity (Wildman–Crippen MR) is 109 cm³/mol. The van der Waals surface area contributed by atoms with Crippen molar-refractivity contribution in [2.45, 2.75) is 50.7 Å². The molecule has 2 aromatic rings. The van der Waals surface area contributed by atoms with E-state index in [1.807, 2.05) is 12.1 Å². The largest absolute Gasteiger partial charge is 0.488 e. The van der Waals surface area contributed by atoms with E-state index in [1.54, 1.807) is 0 Å². The molecule has 0 bridgehead atoms. The third kappa shape index (κ3) is 3.89. The minimum atomic E-state index is -0.216. The maximum Gasteiger partial charge on any atom is 0.124 e. The smallest absolute Gasteiger partial charge is 0.124 e. The van der Waals surface area contributed by atoms with Gasteiger partial charge in [-0.1, -0.05) is 50.2 Å². The third-order valence-corrected chi connectivity index (χ3v) is 6.03. The van der Waals surface area contributed by atoms with Crippen LogP contribution < -0.4 is 9.47 Å². The summed E-state index contributed by atoms with van der Waals surface area (Å²) in [5, 5.41) is 0. The van der Waals surface area contributed by atoms with Crippen LogP contribution in [0.15, 0.2) is 48.5 Å². The molecule has 2 aliphatic rings. The summed E-state index contributed by atoms with van der Waals surface area (Å²) in [7, 11) is 0. The van der Waals surface area contributed by atoms with Crippen molar-refractivity contribution in [3.8, 4) is 11.5 Å². The second-order valence-corrected chi connectivity index (χ2v) is 7.88. The third-order valence-electron chi connectivity index (χ3n) is 6.03. The molecule has 4 rings (SSSR count). The van der Waals surface area contributed by atoms with E-state index in [0.717, 1.165) is 44.0 Å². The van der Waals surface area contributed by atoms with Crippen LogP contribution in [0.5, 0.6) is 11.5 Å². The maximum atomic E-state index is 6.36. The Morgan fingerprint density at radius 2 is 1.29 bits per heavy atom. The van der Waals surface area contributed by atoms with Crippen LogP contribution in [-0.2, 0) is 14.9 Å². The van der Waals surface area contributed by atoms with Gasteiger partial charge in [-0.2, -0.15) is 0 Å². The van der Waals surface area contributed by atoms with Crippen LogP contribution in [0.2, 0.25) is 0 Å². The predicted octanol–water partition coefficient (Wildman–Crippen LogP) is 4.74. The molecular weight excluding hydrogens is 352 g/mol. The molecule has 4 heteroatoms. The molecule has 0 aromatic heterocycles. The molecule has 2 aromatic carbocycles. The monoisotopic (exact) mass is 382 g/mol. The van der Waals surface area contributed by atoms with Crippen molar-refractivity contribution < 1.29 is 18.9 Å². The number of hydrogen-bond acceptors (Lipinski definition) is 4.